The molecular weight excluding hydrogens is 521 g/mol. The van der Waals surface area contributed by atoms with Crippen LogP contribution in [0.15, 0.2) is 42.5 Å². The maximum absolute atomic E-state index is 13.4. The first-order valence-corrected chi connectivity index (χ1v) is 14.6. The quantitative estimate of drug-likeness (QED) is 0.368. The van der Waals surface area contributed by atoms with E-state index in [1.807, 2.05) is 32.9 Å². The number of hydrogen-bond donors (Lipinski definition) is 1. The smallest absolute Gasteiger partial charge is 0.242 e. The second-order valence-corrected chi connectivity index (χ2v) is 11.4. The molecule has 0 fully saturated rings. The van der Waals surface area contributed by atoms with Gasteiger partial charge in [-0.15, -0.1) is 0 Å². The summed E-state index contributed by atoms with van der Waals surface area (Å²) >= 11 is 12.2. The number of rotatable bonds is 13. The lowest BCUT2D eigenvalue weighted by atomic mass is 10.1. The van der Waals surface area contributed by atoms with Gasteiger partial charge in [-0.3, -0.25) is 13.9 Å². The van der Waals surface area contributed by atoms with Crippen LogP contribution in [0.3, 0.4) is 0 Å². The Balaban J connectivity index is 2.24. The van der Waals surface area contributed by atoms with Crippen LogP contribution >= 0.6 is 23.2 Å². The molecule has 1 N–H and O–H groups in total. The predicted molar refractivity (Wildman–Crippen MR) is 147 cm³/mol. The van der Waals surface area contributed by atoms with Crippen LogP contribution in [-0.2, 0) is 26.2 Å². The molecular formula is C26H35Cl2N3O4S. The molecule has 0 saturated heterocycles. The van der Waals surface area contributed by atoms with Crippen molar-refractivity contribution in [2.75, 3.05) is 23.7 Å². The first-order valence-electron chi connectivity index (χ1n) is 12.0. The molecule has 1 atom stereocenters. The third-order valence-electron chi connectivity index (χ3n) is 5.81. The fraction of sp³-hybridized carbons (Fsp3) is 0.462. The van der Waals surface area contributed by atoms with Crippen molar-refractivity contribution >= 4 is 50.7 Å². The lowest BCUT2D eigenvalue weighted by molar-refractivity contribution is -0.141. The number of nitrogens with one attached hydrogen (secondary N) is 1. The number of sulfonamides is 1. The maximum atomic E-state index is 13.4. The van der Waals surface area contributed by atoms with E-state index in [1.165, 1.54) is 4.31 Å². The highest BCUT2D eigenvalue weighted by Gasteiger charge is 2.29. The molecule has 0 aliphatic heterocycles. The topological polar surface area (TPSA) is 86.8 Å². The summed E-state index contributed by atoms with van der Waals surface area (Å²) in [5.41, 5.74) is 2.16. The highest BCUT2D eigenvalue weighted by Crippen LogP contribution is 2.25. The molecule has 2 aromatic carbocycles. The second kappa shape index (κ2) is 13.9. The molecule has 0 bridgehead atoms. The van der Waals surface area contributed by atoms with Crippen LogP contribution in [0, 0.1) is 6.92 Å². The van der Waals surface area contributed by atoms with Crippen molar-refractivity contribution in [3.63, 3.8) is 0 Å². The van der Waals surface area contributed by atoms with E-state index in [9.17, 15) is 18.0 Å². The molecule has 0 spiro atoms. The Morgan fingerprint density at radius 1 is 1.06 bits per heavy atom. The van der Waals surface area contributed by atoms with Gasteiger partial charge < -0.3 is 10.2 Å². The van der Waals surface area contributed by atoms with Gasteiger partial charge in [-0.05, 0) is 55.5 Å². The number of nitrogens with zero attached hydrogens (tertiary/aromatic N) is 2. The van der Waals surface area contributed by atoms with Crippen molar-refractivity contribution in [3.05, 3.63) is 63.6 Å². The minimum atomic E-state index is -3.54. The van der Waals surface area contributed by atoms with Crippen LogP contribution in [-0.4, -0.2) is 50.5 Å². The fourth-order valence-electron chi connectivity index (χ4n) is 3.95. The molecule has 10 heteroatoms. The second-order valence-electron chi connectivity index (χ2n) is 8.71. The van der Waals surface area contributed by atoms with Gasteiger partial charge in [-0.1, -0.05) is 61.3 Å². The summed E-state index contributed by atoms with van der Waals surface area (Å²) < 4.78 is 26.3. The Labute approximate surface area is 224 Å². The summed E-state index contributed by atoms with van der Waals surface area (Å²) in [4.78, 5) is 27.9. The Morgan fingerprint density at radius 3 is 2.33 bits per heavy atom. The monoisotopic (exact) mass is 555 g/mol. The minimum absolute atomic E-state index is 0.0801. The van der Waals surface area contributed by atoms with Crippen LogP contribution in [0.4, 0.5) is 5.69 Å². The lowest BCUT2D eigenvalue weighted by Crippen LogP contribution is -2.49. The molecule has 0 heterocycles. The Hall–Kier alpha value is -2.29. The van der Waals surface area contributed by atoms with Gasteiger partial charge in [0.05, 0.1) is 22.0 Å². The zero-order chi connectivity index (χ0) is 26.9. The van der Waals surface area contributed by atoms with Gasteiger partial charge in [0.2, 0.25) is 21.8 Å². The number of benzene rings is 2. The fourth-order valence-corrected chi connectivity index (χ4v) is 5.29. The molecule has 0 aliphatic rings. The summed E-state index contributed by atoms with van der Waals surface area (Å²) in [6.07, 6.45) is 2.75. The van der Waals surface area contributed by atoms with Gasteiger partial charge in [0.15, 0.2) is 0 Å². The van der Waals surface area contributed by atoms with E-state index in [0.29, 0.717) is 35.1 Å². The van der Waals surface area contributed by atoms with Gasteiger partial charge in [0, 0.05) is 26.1 Å². The zero-order valence-electron chi connectivity index (χ0n) is 21.3. The number of amides is 2. The zero-order valence-corrected chi connectivity index (χ0v) is 23.6. The van der Waals surface area contributed by atoms with Crippen molar-refractivity contribution in [1.29, 1.82) is 0 Å². The number of carbonyl (C=O) groups is 2. The molecule has 1 unspecified atom stereocenters. The molecule has 2 amide bonds. The van der Waals surface area contributed by atoms with Gasteiger partial charge in [-0.25, -0.2) is 8.42 Å². The number of aryl methyl sites for hydroxylation is 1. The van der Waals surface area contributed by atoms with Crippen LogP contribution in [0.5, 0.6) is 0 Å². The molecule has 2 rings (SSSR count). The summed E-state index contributed by atoms with van der Waals surface area (Å²) in [6.45, 7) is 6.51. The summed E-state index contributed by atoms with van der Waals surface area (Å²) in [6, 6.07) is 11.7. The number of hydrogen-bond acceptors (Lipinski definition) is 4. The third-order valence-corrected chi connectivity index (χ3v) is 7.73. The highest BCUT2D eigenvalue weighted by molar-refractivity contribution is 7.92. The van der Waals surface area contributed by atoms with Crippen molar-refractivity contribution in [2.45, 2.75) is 59.0 Å². The number of carbonyl (C=O) groups excluding carboxylic acids is 2. The highest BCUT2D eigenvalue weighted by atomic mass is 35.5. The molecule has 198 valence electrons. The van der Waals surface area contributed by atoms with E-state index in [2.05, 4.69) is 5.32 Å². The molecule has 0 saturated carbocycles. The average molecular weight is 557 g/mol. The summed E-state index contributed by atoms with van der Waals surface area (Å²) in [5.74, 6) is -0.455. The van der Waals surface area contributed by atoms with Crippen molar-refractivity contribution in [2.24, 2.45) is 0 Å². The van der Waals surface area contributed by atoms with Gasteiger partial charge in [0.25, 0.3) is 0 Å². The molecule has 0 aromatic heterocycles. The lowest BCUT2D eigenvalue weighted by Gasteiger charge is -2.31. The largest absolute Gasteiger partial charge is 0.354 e. The van der Waals surface area contributed by atoms with Crippen LogP contribution < -0.4 is 9.62 Å². The first-order chi connectivity index (χ1) is 17.0. The predicted octanol–water partition coefficient (Wildman–Crippen LogP) is 5.18. The van der Waals surface area contributed by atoms with Gasteiger partial charge >= 0.3 is 0 Å². The average Bonchev–Trinajstić information content (AvgIpc) is 2.82. The summed E-state index contributed by atoms with van der Waals surface area (Å²) in [5, 5.41) is 3.65. The van der Waals surface area contributed by atoms with E-state index in [0.717, 1.165) is 23.8 Å². The Morgan fingerprint density at radius 2 is 1.75 bits per heavy atom. The maximum Gasteiger partial charge on any atom is 0.242 e. The van der Waals surface area contributed by atoms with E-state index in [1.54, 1.807) is 35.2 Å². The van der Waals surface area contributed by atoms with E-state index >= 15 is 0 Å². The standard InChI is InChI=1S/C26H35Cl2N3O4S/c1-5-15-29-26(33)23(6-2)30(18-20-13-14-21(27)22(28)17-20)25(32)12-9-16-31(36(4,34)35)24-11-8-7-10-19(24)3/h7-8,10-11,13-14,17,23H,5-6,9,12,15-16,18H2,1-4H3,(H,29,33). The van der Waals surface area contributed by atoms with Crippen LogP contribution in [0.1, 0.15) is 50.7 Å². The normalized spacial score (nSPS) is 12.2. The minimum Gasteiger partial charge on any atom is -0.354 e. The number of anilines is 1. The Bertz CT molecular complexity index is 1160. The van der Waals surface area contributed by atoms with E-state index in [-0.39, 0.29) is 31.3 Å². The molecule has 0 radical (unpaired) electrons. The van der Waals surface area contributed by atoms with Crippen LogP contribution in [0.2, 0.25) is 10.0 Å². The number of para-hydroxylation sites is 1. The van der Waals surface area contributed by atoms with Crippen LogP contribution in [0.25, 0.3) is 0 Å². The van der Waals surface area contributed by atoms with Crippen molar-refractivity contribution < 1.29 is 18.0 Å². The van der Waals surface area contributed by atoms with E-state index < -0.39 is 16.1 Å². The first kappa shape index (κ1) is 29.9. The van der Waals surface area contributed by atoms with Crippen molar-refractivity contribution in [3.8, 4) is 0 Å². The SMILES string of the molecule is CCCNC(=O)C(CC)N(Cc1ccc(Cl)c(Cl)c1)C(=O)CCCN(c1ccccc1C)S(C)(=O)=O. The van der Waals surface area contributed by atoms with Gasteiger partial charge in [0.1, 0.15) is 6.04 Å². The molecule has 0 aliphatic carbocycles. The molecule has 7 nitrogen and oxygen atoms in total. The van der Waals surface area contributed by atoms with Crippen molar-refractivity contribution in [1.82, 2.24) is 10.2 Å². The third kappa shape index (κ3) is 8.39. The van der Waals surface area contributed by atoms with Gasteiger partial charge in [-0.2, -0.15) is 0 Å². The molecule has 2 aromatic rings. The Kier molecular flexibility index (Phi) is 11.5. The number of halogens is 2. The summed E-state index contributed by atoms with van der Waals surface area (Å²) in [7, 11) is -3.54. The molecule has 36 heavy (non-hydrogen) atoms. The van der Waals surface area contributed by atoms with E-state index in [4.69, 9.17) is 23.2 Å².